The van der Waals surface area contributed by atoms with Gasteiger partial charge in [-0.05, 0) is 32.3 Å². The normalized spacial score (nSPS) is 18.3. The van der Waals surface area contributed by atoms with Gasteiger partial charge in [0.15, 0.2) is 5.72 Å². The van der Waals surface area contributed by atoms with Crippen LogP contribution < -0.4 is 0 Å². The van der Waals surface area contributed by atoms with E-state index < -0.39 is 5.72 Å². The third-order valence-corrected chi connectivity index (χ3v) is 3.72. The van der Waals surface area contributed by atoms with Gasteiger partial charge in [0.25, 0.3) is 0 Å². The highest BCUT2D eigenvalue weighted by atomic mass is 16.5. The van der Waals surface area contributed by atoms with E-state index in [0.29, 0.717) is 12.6 Å². The van der Waals surface area contributed by atoms with Crippen molar-refractivity contribution in [3.05, 3.63) is 35.9 Å². The lowest BCUT2D eigenvalue weighted by molar-refractivity contribution is -0.0288. The molecule has 1 aromatic carbocycles. The topological polar surface area (TPSA) is 34.0 Å². The Balaban J connectivity index is 1.83. The van der Waals surface area contributed by atoms with Crippen LogP contribution in [0.15, 0.2) is 40.6 Å². The van der Waals surface area contributed by atoms with Crippen LogP contribution >= 0.6 is 0 Å². The average Bonchev–Trinajstić information content (AvgIpc) is 2.73. The summed E-state index contributed by atoms with van der Waals surface area (Å²) in [7, 11) is 0. The minimum atomic E-state index is -0.540. The molecule has 0 aliphatic heterocycles. The van der Waals surface area contributed by atoms with Gasteiger partial charge in [0.1, 0.15) is 0 Å². The average molecular weight is 274 g/mol. The van der Waals surface area contributed by atoms with E-state index in [1.54, 1.807) is 0 Å². The van der Waals surface area contributed by atoms with Crippen LogP contribution in [0, 0.1) is 0 Å². The smallest absolute Gasteiger partial charge is 0.173 e. The molecule has 0 amide bonds. The summed E-state index contributed by atoms with van der Waals surface area (Å²) in [5.74, 6) is 0. The van der Waals surface area contributed by atoms with Gasteiger partial charge in [-0.1, -0.05) is 56.0 Å². The zero-order valence-corrected chi connectivity index (χ0v) is 12.7. The molecule has 1 aromatic rings. The van der Waals surface area contributed by atoms with Crippen LogP contribution in [0.3, 0.4) is 0 Å². The molecule has 0 atom stereocenters. The van der Waals surface area contributed by atoms with Crippen LogP contribution in [0.2, 0.25) is 0 Å². The molecule has 0 bridgehead atoms. The molecule has 20 heavy (non-hydrogen) atoms. The summed E-state index contributed by atoms with van der Waals surface area (Å²) < 4.78 is 5.88. The monoisotopic (exact) mass is 274 g/mol. The van der Waals surface area contributed by atoms with Gasteiger partial charge < -0.3 is 4.74 Å². The van der Waals surface area contributed by atoms with Crippen LogP contribution in [0.4, 0.5) is 0 Å². The molecule has 1 saturated carbocycles. The number of hydrogen-bond acceptors (Lipinski definition) is 3. The minimum absolute atomic E-state index is 0.400. The first-order chi connectivity index (χ1) is 9.66. The Hall–Kier alpha value is -1.22. The van der Waals surface area contributed by atoms with Crippen molar-refractivity contribution in [2.45, 2.75) is 70.7 Å². The predicted molar refractivity (Wildman–Crippen MR) is 81.7 cm³/mol. The highest BCUT2D eigenvalue weighted by Crippen LogP contribution is 2.22. The molecule has 0 N–H and O–H groups in total. The molecular weight excluding hydrogens is 248 g/mol. The Labute approximate surface area is 122 Å². The van der Waals surface area contributed by atoms with E-state index in [4.69, 9.17) is 4.74 Å². The zero-order chi connectivity index (χ0) is 14.3. The molecule has 1 aliphatic rings. The van der Waals surface area contributed by atoms with E-state index in [-0.39, 0.29) is 0 Å². The van der Waals surface area contributed by atoms with Crippen LogP contribution in [0.1, 0.15) is 57.9 Å². The third-order valence-electron chi connectivity index (χ3n) is 3.72. The molecule has 0 unspecified atom stereocenters. The Morgan fingerprint density at radius 3 is 2.35 bits per heavy atom. The van der Waals surface area contributed by atoms with Crippen LogP contribution in [-0.2, 0) is 11.3 Å². The standard InChI is InChI=1S/C17H26N2O/c1-17(2,20-14-15-10-6-5-7-11-15)19-18-16-12-8-3-4-9-13-16/h5-7,10-11,16H,3-4,8-9,12-14H2,1-2H3/b19-18+. The number of ether oxygens (including phenoxy) is 1. The van der Waals surface area contributed by atoms with Gasteiger partial charge in [-0.15, -0.1) is 0 Å². The van der Waals surface area contributed by atoms with Crippen molar-refractivity contribution < 1.29 is 4.74 Å². The van der Waals surface area contributed by atoms with Crippen LogP contribution in [-0.4, -0.2) is 11.8 Å². The maximum atomic E-state index is 5.88. The molecule has 0 spiro atoms. The first kappa shape index (κ1) is 15.2. The summed E-state index contributed by atoms with van der Waals surface area (Å²) in [5.41, 5.74) is 0.632. The van der Waals surface area contributed by atoms with Crippen molar-refractivity contribution in [3.63, 3.8) is 0 Å². The molecule has 0 aromatic heterocycles. The van der Waals surface area contributed by atoms with Crippen molar-refractivity contribution in [1.29, 1.82) is 0 Å². The second-order valence-corrected chi connectivity index (χ2v) is 6.08. The summed E-state index contributed by atoms with van der Waals surface area (Å²) >= 11 is 0. The third kappa shape index (κ3) is 5.41. The Bertz CT molecular complexity index is 406. The minimum Gasteiger partial charge on any atom is -0.348 e. The van der Waals surface area contributed by atoms with Gasteiger partial charge in [0, 0.05) is 0 Å². The fourth-order valence-electron chi connectivity index (χ4n) is 2.46. The second kappa shape index (κ2) is 7.53. The SMILES string of the molecule is CC(C)(/N=N/C1CCCCCC1)OCc1ccccc1. The lowest BCUT2D eigenvalue weighted by Gasteiger charge is -2.20. The summed E-state index contributed by atoms with van der Waals surface area (Å²) in [6, 6.07) is 10.6. The summed E-state index contributed by atoms with van der Waals surface area (Å²) in [6.07, 6.45) is 7.63. The van der Waals surface area contributed by atoms with E-state index >= 15 is 0 Å². The van der Waals surface area contributed by atoms with E-state index in [9.17, 15) is 0 Å². The molecule has 0 heterocycles. The van der Waals surface area contributed by atoms with Crippen molar-refractivity contribution in [2.24, 2.45) is 10.2 Å². The first-order valence-electron chi connectivity index (χ1n) is 7.76. The molecule has 0 radical (unpaired) electrons. The van der Waals surface area contributed by atoms with Gasteiger partial charge in [-0.2, -0.15) is 10.2 Å². The molecular formula is C17H26N2O. The second-order valence-electron chi connectivity index (χ2n) is 6.08. The fraction of sp³-hybridized carbons (Fsp3) is 0.647. The number of azo groups is 1. The Morgan fingerprint density at radius 2 is 1.70 bits per heavy atom. The molecule has 1 fully saturated rings. The Morgan fingerprint density at radius 1 is 1.05 bits per heavy atom. The number of hydrogen-bond donors (Lipinski definition) is 0. The highest BCUT2D eigenvalue weighted by Gasteiger charge is 2.19. The largest absolute Gasteiger partial charge is 0.348 e. The quantitative estimate of drug-likeness (QED) is 0.542. The van der Waals surface area contributed by atoms with Crippen molar-refractivity contribution in [1.82, 2.24) is 0 Å². The van der Waals surface area contributed by atoms with E-state index in [2.05, 4.69) is 22.4 Å². The first-order valence-corrected chi connectivity index (χ1v) is 7.76. The van der Waals surface area contributed by atoms with Crippen LogP contribution in [0.25, 0.3) is 0 Å². The highest BCUT2D eigenvalue weighted by molar-refractivity contribution is 5.13. The zero-order valence-electron chi connectivity index (χ0n) is 12.7. The summed E-state index contributed by atoms with van der Waals surface area (Å²) in [6.45, 7) is 4.55. The molecule has 2 rings (SSSR count). The summed E-state index contributed by atoms with van der Waals surface area (Å²) in [5, 5.41) is 8.97. The Kier molecular flexibility index (Phi) is 5.72. The van der Waals surface area contributed by atoms with Crippen molar-refractivity contribution in [3.8, 4) is 0 Å². The maximum absolute atomic E-state index is 5.88. The maximum Gasteiger partial charge on any atom is 0.173 e. The van der Waals surface area contributed by atoms with Gasteiger partial charge in [0.05, 0.1) is 12.6 Å². The van der Waals surface area contributed by atoms with Gasteiger partial charge in [-0.25, -0.2) is 0 Å². The van der Waals surface area contributed by atoms with Crippen molar-refractivity contribution in [2.75, 3.05) is 0 Å². The van der Waals surface area contributed by atoms with Gasteiger partial charge >= 0.3 is 0 Å². The van der Waals surface area contributed by atoms with Crippen molar-refractivity contribution >= 4 is 0 Å². The van der Waals surface area contributed by atoms with Crippen LogP contribution in [0.5, 0.6) is 0 Å². The predicted octanol–water partition coefficient (Wildman–Crippen LogP) is 5.11. The lowest BCUT2D eigenvalue weighted by Crippen LogP contribution is -2.21. The van der Waals surface area contributed by atoms with Gasteiger partial charge in [0.2, 0.25) is 0 Å². The summed E-state index contributed by atoms with van der Waals surface area (Å²) in [4.78, 5) is 0. The number of nitrogens with zero attached hydrogens (tertiary/aromatic N) is 2. The van der Waals surface area contributed by atoms with E-state index in [1.165, 1.54) is 44.1 Å². The molecule has 3 nitrogen and oxygen atoms in total. The van der Waals surface area contributed by atoms with E-state index in [0.717, 1.165) is 0 Å². The molecule has 0 saturated heterocycles. The number of rotatable bonds is 5. The molecule has 1 aliphatic carbocycles. The van der Waals surface area contributed by atoms with E-state index in [1.807, 2.05) is 32.0 Å². The van der Waals surface area contributed by atoms with Gasteiger partial charge in [-0.3, -0.25) is 0 Å². The number of benzene rings is 1. The molecule has 3 heteroatoms. The lowest BCUT2D eigenvalue weighted by atomic mass is 10.1. The fourth-order valence-corrected chi connectivity index (χ4v) is 2.46. The molecule has 110 valence electrons.